The quantitative estimate of drug-likeness (QED) is 0.821. The Morgan fingerprint density at radius 2 is 2.10 bits per heavy atom. The molecule has 0 spiro atoms. The highest BCUT2D eigenvalue weighted by molar-refractivity contribution is 4.92. The van der Waals surface area contributed by atoms with Gasteiger partial charge in [0, 0.05) is 7.11 Å². The van der Waals surface area contributed by atoms with Crippen LogP contribution in [-0.4, -0.2) is 43.1 Å². The van der Waals surface area contributed by atoms with Gasteiger partial charge in [0.2, 0.25) is 11.7 Å². The van der Waals surface area contributed by atoms with E-state index < -0.39 is 0 Å². The molecule has 20 heavy (non-hydrogen) atoms. The van der Waals surface area contributed by atoms with Crippen molar-refractivity contribution >= 4 is 0 Å². The van der Waals surface area contributed by atoms with Crippen molar-refractivity contribution in [3.8, 4) is 0 Å². The fraction of sp³-hybridized carbons (Fsp3) is 0.857. The van der Waals surface area contributed by atoms with Crippen LogP contribution in [-0.2, 0) is 15.9 Å². The molecular weight excluding hydrogens is 258 g/mol. The molecule has 2 rings (SSSR count). The molecule has 0 amide bonds. The zero-order chi connectivity index (χ0) is 14.4. The van der Waals surface area contributed by atoms with Gasteiger partial charge in [-0.15, -0.1) is 0 Å². The summed E-state index contributed by atoms with van der Waals surface area (Å²) in [6.07, 6.45) is 3.06. The van der Waals surface area contributed by atoms with E-state index in [-0.39, 0.29) is 6.10 Å². The van der Waals surface area contributed by atoms with Gasteiger partial charge in [-0.05, 0) is 31.8 Å². The van der Waals surface area contributed by atoms with Crippen LogP contribution in [0.25, 0.3) is 0 Å². The minimum atomic E-state index is -0.113. The molecule has 1 atom stereocenters. The van der Waals surface area contributed by atoms with E-state index >= 15 is 0 Å². The number of piperidine rings is 1. The van der Waals surface area contributed by atoms with Gasteiger partial charge in [0.25, 0.3) is 0 Å². The summed E-state index contributed by atoms with van der Waals surface area (Å²) in [5.74, 6) is 1.56. The molecule has 6 nitrogen and oxygen atoms in total. The molecule has 6 heteroatoms. The smallest absolute Gasteiger partial charge is 0.229 e. The van der Waals surface area contributed by atoms with Crippen LogP contribution in [0.4, 0.5) is 0 Å². The second-order valence-electron chi connectivity index (χ2n) is 5.52. The standard InChI is InChI=1S/C14H25N3O3/c1-10(2)13(18-3)14-16-12(20-17-14)6-9-19-11-4-7-15-8-5-11/h10-11,13,15H,4-9H2,1-3H3. The molecular formula is C14H25N3O3. The van der Waals surface area contributed by atoms with Gasteiger partial charge >= 0.3 is 0 Å². The molecule has 1 N–H and O–H groups in total. The number of hydrogen-bond donors (Lipinski definition) is 1. The number of rotatable bonds is 7. The summed E-state index contributed by atoms with van der Waals surface area (Å²) in [5.41, 5.74) is 0. The van der Waals surface area contributed by atoms with Crippen molar-refractivity contribution in [3.63, 3.8) is 0 Å². The van der Waals surface area contributed by atoms with E-state index in [0.29, 0.717) is 36.8 Å². The van der Waals surface area contributed by atoms with Crippen LogP contribution in [0.1, 0.15) is 44.5 Å². The highest BCUT2D eigenvalue weighted by Gasteiger charge is 2.21. The van der Waals surface area contributed by atoms with E-state index in [9.17, 15) is 0 Å². The number of aromatic nitrogens is 2. The molecule has 0 bridgehead atoms. The first kappa shape index (κ1) is 15.4. The summed E-state index contributed by atoms with van der Waals surface area (Å²) in [4.78, 5) is 4.39. The van der Waals surface area contributed by atoms with Crippen molar-refractivity contribution in [3.05, 3.63) is 11.7 Å². The molecule has 0 radical (unpaired) electrons. The molecule has 1 fully saturated rings. The molecule has 2 heterocycles. The van der Waals surface area contributed by atoms with Gasteiger partial charge < -0.3 is 19.3 Å². The van der Waals surface area contributed by atoms with Crippen molar-refractivity contribution in [2.24, 2.45) is 5.92 Å². The zero-order valence-corrected chi connectivity index (χ0v) is 12.6. The lowest BCUT2D eigenvalue weighted by Gasteiger charge is -2.22. The van der Waals surface area contributed by atoms with Gasteiger partial charge in [-0.25, -0.2) is 0 Å². The third kappa shape index (κ3) is 4.26. The molecule has 0 aliphatic carbocycles. The van der Waals surface area contributed by atoms with Gasteiger partial charge in [0.05, 0.1) is 19.1 Å². The van der Waals surface area contributed by atoms with Crippen molar-refractivity contribution < 1.29 is 14.0 Å². The van der Waals surface area contributed by atoms with E-state index in [0.717, 1.165) is 25.9 Å². The fourth-order valence-electron chi connectivity index (χ4n) is 2.44. The lowest BCUT2D eigenvalue weighted by molar-refractivity contribution is 0.0322. The van der Waals surface area contributed by atoms with E-state index in [1.165, 1.54) is 0 Å². The van der Waals surface area contributed by atoms with Crippen molar-refractivity contribution in [1.82, 2.24) is 15.5 Å². The van der Waals surface area contributed by atoms with E-state index in [1.54, 1.807) is 7.11 Å². The predicted molar refractivity (Wildman–Crippen MR) is 74.4 cm³/mol. The van der Waals surface area contributed by atoms with Crippen LogP contribution in [0.2, 0.25) is 0 Å². The molecule has 1 aromatic rings. The molecule has 1 unspecified atom stereocenters. The Balaban J connectivity index is 1.77. The summed E-state index contributed by atoms with van der Waals surface area (Å²) >= 11 is 0. The van der Waals surface area contributed by atoms with Crippen LogP contribution in [0.15, 0.2) is 4.52 Å². The maximum absolute atomic E-state index is 5.83. The number of nitrogens with one attached hydrogen (secondary N) is 1. The normalized spacial score (nSPS) is 18.6. The fourth-order valence-corrected chi connectivity index (χ4v) is 2.44. The predicted octanol–water partition coefficient (Wildman–Crippen LogP) is 1.72. The average molecular weight is 283 g/mol. The van der Waals surface area contributed by atoms with Gasteiger partial charge in [-0.2, -0.15) is 4.98 Å². The maximum Gasteiger partial charge on any atom is 0.229 e. The lowest BCUT2D eigenvalue weighted by Crippen LogP contribution is -2.32. The Bertz CT molecular complexity index is 389. The molecule has 1 saturated heterocycles. The minimum Gasteiger partial charge on any atom is -0.378 e. The highest BCUT2D eigenvalue weighted by Crippen LogP contribution is 2.22. The summed E-state index contributed by atoms with van der Waals surface area (Å²) < 4.78 is 16.5. The van der Waals surface area contributed by atoms with Crippen molar-refractivity contribution in [2.45, 2.75) is 45.3 Å². The third-order valence-corrected chi connectivity index (χ3v) is 3.55. The Morgan fingerprint density at radius 3 is 2.75 bits per heavy atom. The number of methoxy groups -OCH3 is 1. The summed E-state index contributed by atoms with van der Waals surface area (Å²) in [6.45, 7) is 6.86. The van der Waals surface area contributed by atoms with E-state index in [1.807, 2.05) is 0 Å². The summed E-state index contributed by atoms with van der Waals surface area (Å²) in [5, 5.41) is 7.32. The number of hydrogen-bond acceptors (Lipinski definition) is 6. The van der Waals surface area contributed by atoms with Crippen LogP contribution in [0, 0.1) is 5.92 Å². The molecule has 1 aromatic heterocycles. The highest BCUT2D eigenvalue weighted by atomic mass is 16.5. The third-order valence-electron chi connectivity index (χ3n) is 3.55. The van der Waals surface area contributed by atoms with E-state index in [2.05, 4.69) is 29.3 Å². The molecule has 0 saturated carbocycles. The first-order chi connectivity index (χ1) is 9.70. The Labute approximate surface area is 120 Å². The first-order valence-electron chi connectivity index (χ1n) is 7.38. The average Bonchev–Trinajstić information content (AvgIpc) is 2.89. The topological polar surface area (TPSA) is 69.4 Å². The second kappa shape index (κ2) is 7.71. The van der Waals surface area contributed by atoms with E-state index in [4.69, 9.17) is 14.0 Å². The van der Waals surface area contributed by atoms with Gasteiger partial charge in [0.15, 0.2) is 0 Å². The Kier molecular flexibility index (Phi) is 5.94. The number of ether oxygens (including phenoxy) is 2. The first-order valence-corrected chi connectivity index (χ1v) is 7.38. The van der Waals surface area contributed by atoms with Crippen LogP contribution >= 0.6 is 0 Å². The molecule has 0 aromatic carbocycles. The maximum atomic E-state index is 5.83. The SMILES string of the molecule is COC(c1noc(CCOC2CCNCC2)n1)C(C)C. The summed E-state index contributed by atoms with van der Waals surface area (Å²) in [6, 6.07) is 0. The molecule has 1 aliphatic rings. The van der Waals surface area contributed by atoms with Crippen LogP contribution in [0.3, 0.4) is 0 Å². The Morgan fingerprint density at radius 1 is 1.35 bits per heavy atom. The van der Waals surface area contributed by atoms with Crippen LogP contribution < -0.4 is 5.32 Å². The Hall–Kier alpha value is -0.980. The van der Waals surface area contributed by atoms with Crippen molar-refractivity contribution in [1.29, 1.82) is 0 Å². The minimum absolute atomic E-state index is 0.113. The monoisotopic (exact) mass is 283 g/mol. The van der Waals surface area contributed by atoms with Gasteiger partial charge in [0.1, 0.15) is 6.10 Å². The van der Waals surface area contributed by atoms with Crippen molar-refractivity contribution in [2.75, 3.05) is 26.8 Å². The summed E-state index contributed by atoms with van der Waals surface area (Å²) in [7, 11) is 1.67. The molecule has 114 valence electrons. The van der Waals surface area contributed by atoms with Gasteiger partial charge in [-0.3, -0.25) is 0 Å². The second-order valence-corrected chi connectivity index (χ2v) is 5.52. The van der Waals surface area contributed by atoms with Gasteiger partial charge in [-0.1, -0.05) is 19.0 Å². The lowest BCUT2D eigenvalue weighted by atomic mass is 10.1. The van der Waals surface area contributed by atoms with Crippen LogP contribution in [0.5, 0.6) is 0 Å². The number of nitrogens with zero attached hydrogens (tertiary/aromatic N) is 2. The molecule has 1 aliphatic heterocycles. The zero-order valence-electron chi connectivity index (χ0n) is 12.6. The largest absolute Gasteiger partial charge is 0.378 e.